The van der Waals surface area contributed by atoms with Crippen LogP contribution in [0.2, 0.25) is 0 Å². The summed E-state index contributed by atoms with van der Waals surface area (Å²) >= 11 is 0. The molecule has 6 heteroatoms. The Bertz CT molecular complexity index is 768. The summed E-state index contributed by atoms with van der Waals surface area (Å²) in [7, 11) is 0. The Morgan fingerprint density at radius 3 is 2.32 bits per heavy atom. The highest BCUT2D eigenvalue weighted by Crippen LogP contribution is 2.22. The van der Waals surface area contributed by atoms with Crippen LogP contribution in [0.1, 0.15) is 35.3 Å². The van der Waals surface area contributed by atoms with Crippen molar-refractivity contribution in [3.8, 4) is 0 Å². The molecular formula is C19H21FN2O3. The Kier molecular flexibility index (Phi) is 6.11. The van der Waals surface area contributed by atoms with Crippen LogP contribution in [0, 0.1) is 5.82 Å². The number of aryl methyl sites for hydroxylation is 2. The van der Waals surface area contributed by atoms with Crippen LogP contribution in [-0.2, 0) is 22.4 Å². The summed E-state index contributed by atoms with van der Waals surface area (Å²) in [5.41, 5.74) is 8.37. The largest absolute Gasteiger partial charge is 0.452 e. The van der Waals surface area contributed by atoms with Gasteiger partial charge in [-0.15, -0.1) is 0 Å². The van der Waals surface area contributed by atoms with Gasteiger partial charge in [0.2, 0.25) is 0 Å². The Morgan fingerprint density at radius 2 is 1.76 bits per heavy atom. The summed E-state index contributed by atoms with van der Waals surface area (Å²) in [6.07, 6.45) is 1.55. The second kappa shape index (κ2) is 8.28. The number of nitrogens with one attached hydrogen (secondary N) is 1. The lowest BCUT2D eigenvalue weighted by atomic mass is 10.0. The molecule has 0 aromatic heterocycles. The third kappa shape index (κ3) is 4.56. The van der Waals surface area contributed by atoms with Crippen LogP contribution < -0.4 is 11.1 Å². The van der Waals surface area contributed by atoms with Gasteiger partial charge in [0, 0.05) is 11.4 Å². The molecule has 2 aromatic rings. The Morgan fingerprint density at radius 1 is 1.12 bits per heavy atom. The third-order valence-electron chi connectivity index (χ3n) is 3.83. The summed E-state index contributed by atoms with van der Waals surface area (Å²) < 4.78 is 18.0. The number of nitrogen functional groups attached to an aromatic ring is 1. The second-order valence-corrected chi connectivity index (χ2v) is 5.51. The summed E-state index contributed by atoms with van der Waals surface area (Å²) in [5.74, 6) is -1.76. The lowest BCUT2D eigenvalue weighted by Crippen LogP contribution is -2.22. The zero-order valence-corrected chi connectivity index (χ0v) is 14.3. The van der Waals surface area contributed by atoms with E-state index in [2.05, 4.69) is 5.32 Å². The van der Waals surface area contributed by atoms with Crippen molar-refractivity contribution in [2.24, 2.45) is 0 Å². The molecule has 0 saturated carbocycles. The van der Waals surface area contributed by atoms with Crippen molar-refractivity contribution in [2.45, 2.75) is 26.7 Å². The Balaban J connectivity index is 2.03. The average molecular weight is 344 g/mol. The van der Waals surface area contributed by atoms with Crippen molar-refractivity contribution in [2.75, 3.05) is 17.7 Å². The van der Waals surface area contributed by atoms with Crippen LogP contribution in [0.5, 0.6) is 0 Å². The van der Waals surface area contributed by atoms with Crippen LogP contribution in [0.3, 0.4) is 0 Å². The number of nitrogens with two attached hydrogens (primary N) is 1. The monoisotopic (exact) mass is 344 g/mol. The molecule has 2 rings (SSSR count). The van der Waals surface area contributed by atoms with Crippen molar-refractivity contribution >= 4 is 23.3 Å². The maximum atomic E-state index is 13.0. The summed E-state index contributed by atoms with van der Waals surface area (Å²) in [4.78, 5) is 24.1. The molecule has 25 heavy (non-hydrogen) atoms. The van der Waals surface area contributed by atoms with Crippen molar-refractivity contribution in [3.63, 3.8) is 0 Å². The van der Waals surface area contributed by atoms with Gasteiger partial charge >= 0.3 is 5.97 Å². The minimum absolute atomic E-state index is 0.0254. The van der Waals surface area contributed by atoms with Gasteiger partial charge in [-0.3, -0.25) is 4.79 Å². The molecule has 0 spiro atoms. The SMILES string of the molecule is CCc1cccc(CC)c1NC(=O)COC(=O)c1ccc(F)cc1N. The fourth-order valence-electron chi connectivity index (χ4n) is 2.51. The number of para-hydroxylation sites is 1. The van der Waals surface area contributed by atoms with E-state index in [9.17, 15) is 14.0 Å². The summed E-state index contributed by atoms with van der Waals surface area (Å²) in [5, 5.41) is 2.80. The van der Waals surface area contributed by atoms with E-state index in [1.54, 1.807) is 0 Å². The number of anilines is 2. The van der Waals surface area contributed by atoms with E-state index in [1.807, 2.05) is 32.0 Å². The molecule has 2 aromatic carbocycles. The van der Waals surface area contributed by atoms with E-state index in [0.717, 1.165) is 41.8 Å². The molecule has 5 nitrogen and oxygen atoms in total. The highest BCUT2D eigenvalue weighted by Gasteiger charge is 2.15. The molecule has 3 N–H and O–H groups in total. The number of amides is 1. The van der Waals surface area contributed by atoms with Gasteiger partial charge < -0.3 is 15.8 Å². The highest BCUT2D eigenvalue weighted by molar-refractivity contribution is 5.98. The van der Waals surface area contributed by atoms with Gasteiger partial charge in [-0.1, -0.05) is 32.0 Å². The van der Waals surface area contributed by atoms with Crippen LogP contribution in [0.25, 0.3) is 0 Å². The molecule has 0 aliphatic carbocycles. The molecule has 0 bridgehead atoms. The van der Waals surface area contributed by atoms with Crippen molar-refractivity contribution < 1.29 is 18.7 Å². The normalized spacial score (nSPS) is 10.4. The Hall–Kier alpha value is -2.89. The minimum atomic E-state index is -0.771. The van der Waals surface area contributed by atoms with Gasteiger partial charge in [-0.25, -0.2) is 9.18 Å². The standard InChI is InChI=1S/C19H21FN2O3/c1-3-12-6-5-7-13(4-2)18(12)22-17(23)11-25-19(24)15-9-8-14(20)10-16(15)21/h5-10H,3-4,11,21H2,1-2H3,(H,22,23). The second-order valence-electron chi connectivity index (χ2n) is 5.51. The van der Waals surface area contributed by atoms with Crippen molar-refractivity contribution in [1.29, 1.82) is 0 Å². The zero-order chi connectivity index (χ0) is 18.4. The van der Waals surface area contributed by atoms with E-state index in [0.29, 0.717) is 0 Å². The lowest BCUT2D eigenvalue weighted by molar-refractivity contribution is -0.119. The van der Waals surface area contributed by atoms with Crippen molar-refractivity contribution in [3.05, 3.63) is 58.9 Å². The first-order valence-corrected chi connectivity index (χ1v) is 8.09. The molecule has 0 radical (unpaired) electrons. The zero-order valence-electron chi connectivity index (χ0n) is 14.3. The number of carbonyl (C=O) groups is 2. The van der Waals surface area contributed by atoms with Crippen LogP contribution in [0.4, 0.5) is 15.8 Å². The van der Waals surface area contributed by atoms with E-state index in [4.69, 9.17) is 10.5 Å². The van der Waals surface area contributed by atoms with Gasteiger partial charge in [-0.05, 0) is 42.2 Å². The van der Waals surface area contributed by atoms with E-state index >= 15 is 0 Å². The number of ether oxygens (including phenoxy) is 1. The predicted octanol–water partition coefficient (Wildman–Crippen LogP) is 3.33. The third-order valence-corrected chi connectivity index (χ3v) is 3.83. The number of carbonyl (C=O) groups excluding carboxylic acids is 2. The first kappa shape index (κ1) is 18.4. The van der Waals surface area contributed by atoms with Gasteiger partial charge in [-0.2, -0.15) is 0 Å². The summed E-state index contributed by atoms with van der Waals surface area (Å²) in [6, 6.07) is 9.21. The summed E-state index contributed by atoms with van der Waals surface area (Å²) in [6.45, 7) is 3.56. The quantitative estimate of drug-likeness (QED) is 0.622. The first-order chi connectivity index (χ1) is 12.0. The molecule has 0 aliphatic rings. The highest BCUT2D eigenvalue weighted by atomic mass is 19.1. The van der Waals surface area contributed by atoms with E-state index in [-0.39, 0.29) is 11.3 Å². The number of halogens is 1. The number of esters is 1. The number of hydrogen-bond acceptors (Lipinski definition) is 4. The predicted molar refractivity (Wildman–Crippen MR) is 94.9 cm³/mol. The number of hydrogen-bond donors (Lipinski definition) is 2. The van der Waals surface area contributed by atoms with E-state index in [1.165, 1.54) is 6.07 Å². The molecule has 0 unspecified atom stereocenters. The van der Waals surface area contributed by atoms with Gasteiger partial charge in [0.1, 0.15) is 5.82 Å². The molecule has 0 fully saturated rings. The lowest BCUT2D eigenvalue weighted by Gasteiger charge is -2.14. The van der Waals surface area contributed by atoms with Crippen LogP contribution in [0.15, 0.2) is 36.4 Å². The smallest absolute Gasteiger partial charge is 0.340 e. The fraction of sp³-hybridized carbons (Fsp3) is 0.263. The fourth-order valence-corrected chi connectivity index (χ4v) is 2.51. The Labute approximate surface area is 146 Å². The van der Waals surface area contributed by atoms with Crippen LogP contribution >= 0.6 is 0 Å². The average Bonchev–Trinajstić information content (AvgIpc) is 2.59. The molecule has 132 valence electrons. The molecule has 0 saturated heterocycles. The molecule has 0 heterocycles. The van der Waals surface area contributed by atoms with Gasteiger partial charge in [0.05, 0.1) is 5.56 Å². The minimum Gasteiger partial charge on any atom is -0.452 e. The molecule has 0 atom stereocenters. The van der Waals surface area contributed by atoms with Crippen LogP contribution in [-0.4, -0.2) is 18.5 Å². The maximum Gasteiger partial charge on any atom is 0.340 e. The van der Waals surface area contributed by atoms with E-state index < -0.39 is 24.3 Å². The molecule has 1 amide bonds. The topological polar surface area (TPSA) is 81.4 Å². The maximum absolute atomic E-state index is 13.0. The van der Waals surface area contributed by atoms with Gasteiger partial charge in [0.25, 0.3) is 5.91 Å². The van der Waals surface area contributed by atoms with Crippen molar-refractivity contribution in [1.82, 2.24) is 0 Å². The molecule has 0 aliphatic heterocycles. The first-order valence-electron chi connectivity index (χ1n) is 8.09. The molecular weight excluding hydrogens is 323 g/mol. The number of rotatable bonds is 6. The number of benzene rings is 2. The van der Waals surface area contributed by atoms with Gasteiger partial charge in [0.15, 0.2) is 6.61 Å².